The molecule has 0 radical (unpaired) electrons. The van der Waals surface area contributed by atoms with Gasteiger partial charge in [-0.15, -0.1) is 0 Å². The zero-order chi connectivity index (χ0) is 18.7. The summed E-state index contributed by atoms with van der Waals surface area (Å²) in [6.45, 7) is 0. The van der Waals surface area contributed by atoms with Crippen LogP contribution in [0.5, 0.6) is 0 Å². The molecule has 0 fully saturated rings. The van der Waals surface area contributed by atoms with Crippen LogP contribution < -0.4 is 0 Å². The highest BCUT2D eigenvalue weighted by molar-refractivity contribution is 9.10. The number of aromatic nitrogens is 2. The van der Waals surface area contributed by atoms with E-state index in [0.717, 1.165) is 4.47 Å². The predicted octanol–water partition coefficient (Wildman–Crippen LogP) is 3.88. The van der Waals surface area contributed by atoms with Crippen molar-refractivity contribution in [1.82, 2.24) is 9.78 Å². The summed E-state index contributed by atoms with van der Waals surface area (Å²) in [5.74, 6) is -1.34. The van der Waals surface area contributed by atoms with Crippen molar-refractivity contribution in [3.8, 4) is 16.9 Å². The molecule has 0 amide bonds. The van der Waals surface area contributed by atoms with Gasteiger partial charge in [-0.2, -0.15) is 5.10 Å². The lowest BCUT2D eigenvalue weighted by Crippen LogP contribution is -2.15. The number of ether oxygens (including phenoxy) is 2. The van der Waals surface area contributed by atoms with Crippen LogP contribution in [-0.4, -0.2) is 35.9 Å². The Morgan fingerprint density at radius 2 is 1.65 bits per heavy atom. The molecule has 0 unspecified atom stereocenters. The Labute approximate surface area is 158 Å². The molecule has 0 N–H and O–H groups in total. The number of benzene rings is 2. The van der Waals surface area contributed by atoms with Gasteiger partial charge >= 0.3 is 11.9 Å². The molecule has 0 aliphatic rings. The first-order valence-corrected chi connectivity index (χ1v) is 8.47. The van der Waals surface area contributed by atoms with Crippen LogP contribution in [0.4, 0.5) is 0 Å². The quantitative estimate of drug-likeness (QED) is 0.605. The summed E-state index contributed by atoms with van der Waals surface area (Å²) in [5, 5.41) is 4.52. The number of carbonyl (C=O) groups is 2. The molecule has 6 nitrogen and oxygen atoms in total. The number of nitrogens with zero attached hydrogens (tertiary/aromatic N) is 2. The van der Waals surface area contributed by atoms with Crippen LogP contribution in [0.25, 0.3) is 16.9 Å². The lowest BCUT2D eigenvalue weighted by atomic mass is 10.1. The average molecular weight is 415 g/mol. The molecule has 3 rings (SSSR count). The summed E-state index contributed by atoms with van der Waals surface area (Å²) < 4.78 is 12.0. The Kier molecular flexibility index (Phi) is 5.18. The van der Waals surface area contributed by atoms with Crippen LogP contribution in [0.15, 0.2) is 59.1 Å². The monoisotopic (exact) mass is 414 g/mol. The molecule has 1 aromatic heterocycles. The van der Waals surface area contributed by atoms with E-state index in [1.165, 1.54) is 18.9 Å². The van der Waals surface area contributed by atoms with Crippen molar-refractivity contribution in [2.24, 2.45) is 0 Å². The summed E-state index contributed by atoms with van der Waals surface area (Å²) in [6.07, 6.45) is 0. The first-order chi connectivity index (χ1) is 12.6. The van der Waals surface area contributed by atoms with E-state index in [0.29, 0.717) is 16.9 Å². The number of hydrogen-bond donors (Lipinski definition) is 0. The SMILES string of the molecule is COC(=O)c1c(-c2cccc(Br)c2)nn(-c2ccccc2)c1C(=O)OC. The fraction of sp³-hybridized carbons (Fsp3) is 0.105. The zero-order valence-corrected chi connectivity index (χ0v) is 15.7. The number of hydrogen-bond acceptors (Lipinski definition) is 5. The topological polar surface area (TPSA) is 70.4 Å². The minimum Gasteiger partial charge on any atom is -0.465 e. The number of methoxy groups -OCH3 is 2. The molecule has 1 heterocycles. The maximum absolute atomic E-state index is 12.5. The van der Waals surface area contributed by atoms with Gasteiger partial charge in [-0.3, -0.25) is 0 Å². The lowest BCUT2D eigenvalue weighted by Gasteiger charge is -2.07. The molecule has 7 heteroatoms. The van der Waals surface area contributed by atoms with E-state index in [9.17, 15) is 9.59 Å². The minimum absolute atomic E-state index is 0.0144. The molecule has 0 aliphatic carbocycles. The molecule has 2 aromatic carbocycles. The van der Waals surface area contributed by atoms with Gasteiger partial charge in [-0.25, -0.2) is 14.3 Å². The van der Waals surface area contributed by atoms with Crippen molar-refractivity contribution in [1.29, 1.82) is 0 Å². The Hall–Kier alpha value is -2.93. The molecule has 0 spiro atoms. The van der Waals surface area contributed by atoms with Crippen LogP contribution in [0.3, 0.4) is 0 Å². The lowest BCUT2D eigenvalue weighted by molar-refractivity contribution is 0.0549. The molecule has 0 atom stereocenters. The van der Waals surface area contributed by atoms with Crippen LogP contribution in [0, 0.1) is 0 Å². The Morgan fingerprint density at radius 3 is 2.27 bits per heavy atom. The molecule has 26 heavy (non-hydrogen) atoms. The highest BCUT2D eigenvalue weighted by atomic mass is 79.9. The maximum Gasteiger partial charge on any atom is 0.357 e. The Balaban J connectivity index is 2.36. The largest absolute Gasteiger partial charge is 0.465 e. The van der Waals surface area contributed by atoms with Crippen LogP contribution in [0.2, 0.25) is 0 Å². The van der Waals surface area contributed by atoms with Gasteiger partial charge < -0.3 is 9.47 Å². The highest BCUT2D eigenvalue weighted by Gasteiger charge is 2.31. The Bertz CT molecular complexity index is 967. The van der Waals surface area contributed by atoms with Gasteiger partial charge in [0.1, 0.15) is 11.3 Å². The third kappa shape index (κ3) is 3.25. The number of esters is 2. The zero-order valence-electron chi connectivity index (χ0n) is 14.1. The third-order valence-electron chi connectivity index (χ3n) is 3.75. The second-order valence-corrected chi connectivity index (χ2v) is 6.23. The van der Waals surface area contributed by atoms with E-state index >= 15 is 0 Å². The summed E-state index contributed by atoms with van der Waals surface area (Å²) >= 11 is 3.41. The second kappa shape index (κ2) is 7.53. The van der Waals surface area contributed by atoms with E-state index in [2.05, 4.69) is 21.0 Å². The normalized spacial score (nSPS) is 10.4. The van der Waals surface area contributed by atoms with Gasteiger partial charge in [0.25, 0.3) is 0 Å². The van der Waals surface area contributed by atoms with Gasteiger partial charge in [0.05, 0.1) is 19.9 Å². The standard InChI is InChI=1S/C19H15BrN2O4/c1-25-18(23)15-16(12-7-6-8-13(20)11-12)21-22(17(15)19(24)26-2)14-9-4-3-5-10-14/h3-11H,1-2H3. The van der Waals surface area contributed by atoms with Crippen LogP contribution in [0.1, 0.15) is 20.8 Å². The van der Waals surface area contributed by atoms with Crippen LogP contribution in [-0.2, 0) is 9.47 Å². The van der Waals surface area contributed by atoms with Crippen molar-refractivity contribution in [2.75, 3.05) is 14.2 Å². The van der Waals surface area contributed by atoms with Gasteiger partial charge in [0.2, 0.25) is 0 Å². The smallest absolute Gasteiger partial charge is 0.357 e. The van der Waals surface area contributed by atoms with E-state index in [-0.39, 0.29) is 11.3 Å². The summed E-state index contributed by atoms with van der Waals surface area (Å²) in [4.78, 5) is 24.9. The number of carbonyl (C=O) groups excluding carboxylic acids is 2. The molecular formula is C19H15BrN2O4. The number of halogens is 1. The van der Waals surface area contributed by atoms with Gasteiger partial charge in [0, 0.05) is 10.0 Å². The van der Waals surface area contributed by atoms with Gasteiger partial charge in [0.15, 0.2) is 5.69 Å². The third-order valence-corrected chi connectivity index (χ3v) is 4.25. The molecule has 0 aliphatic heterocycles. The van der Waals surface area contributed by atoms with Gasteiger partial charge in [-0.1, -0.05) is 46.3 Å². The second-order valence-electron chi connectivity index (χ2n) is 5.31. The molecule has 0 bridgehead atoms. The predicted molar refractivity (Wildman–Crippen MR) is 99.4 cm³/mol. The summed E-state index contributed by atoms with van der Waals surface area (Å²) in [7, 11) is 2.51. The van der Waals surface area contributed by atoms with Gasteiger partial charge in [-0.05, 0) is 24.3 Å². The average Bonchev–Trinajstić information content (AvgIpc) is 3.08. The molecular weight excluding hydrogens is 400 g/mol. The Morgan fingerprint density at radius 1 is 0.962 bits per heavy atom. The first-order valence-electron chi connectivity index (χ1n) is 7.67. The van der Waals surface area contributed by atoms with Crippen molar-refractivity contribution in [2.45, 2.75) is 0 Å². The molecule has 0 saturated heterocycles. The van der Waals surface area contributed by atoms with E-state index < -0.39 is 11.9 Å². The first kappa shape index (κ1) is 17.9. The van der Waals surface area contributed by atoms with E-state index in [1.807, 2.05) is 36.4 Å². The number of para-hydroxylation sites is 1. The molecule has 0 saturated carbocycles. The van der Waals surface area contributed by atoms with Crippen molar-refractivity contribution in [3.05, 3.63) is 70.3 Å². The minimum atomic E-state index is -0.678. The highest BCUT2D eigenvalue weighted by Crippen LogP contribution is 2.30. The fourth-order valence-corrected chi connectivity index (χ4v) is 2.99. The maximum atomic E-state index is 12.5. The van der Waals surface area contributed by atoms with Crippen molar-refractivity contribution in [3.63, 3.8) is 0 Å². The molecule has 3 aromatic rings. The van der Waals surface area contributed by atoms with E-state index in [4.69, 9.17) is 9.47 Å². The molecule has 132 valence electrons. The summed E-state index contributed by atoms with van der Waals surface area (Å²) in [5.41, 5.74) is 1.70. The van der Waals surface area contributed by atoms with Crippen LogP contribution >= 0.6 is 15.9 Å². The summed E-state index contributed by atoms with van der Waals surface area (Å²) in [6, 6.07) is 16.3. The van der Waals surface area contributed by atoms with E-state index in [1.54, 1.807) is 18.2 Å². The fourth-order valence-electron chi connectivity index (χ4n) is 2.59. The van der Waals surface area contributed by atoms with Crippen molar-refractivity contribution < 1.29 is 19.1 Å². The van der Waals surface area contributed by atoms with Crippen molar-refractivity contribution >= 4 is 27.9 Å². The number of rotatable bonds is 4.